The molecule has 1 saturated heterocycles. The fourth-order valence-electron chi connectivity index (χ4n) is 2.50. The highest BCUT2D eigenvalue weighted by Gasteiger charge is 2.16. The Kier molecular flexibility index (Phi) is 4.43. The molecule has 0 saturated carbocycles. The van der Waals surface area contributed by atoms with Gasteiger partial charge < -0.3 is 16.0 Å². The first-order valence-corrected chi connectivity index (χ1v) is 6.89. The van der Waals surface area contributed by atoms with Crippen molar-refractivity contribution in [1.82, 2.24) is 4.90 Å². The molecular weight excluding hydrogens is 238 g/mol. The van der Waals surface area contributed by atoms with Crippen LogP contribution in [0, 0.1) is 5.92 Å². The van der Waals surface area contributed by atoms with Gasteiger partial charge in [-0.25, -0.2) is 0 Å². The lowest BCUT2D eigenvalue weighted by Crippen LogP contribution is -2.32. The highest BCUT2D eigenvalue weighted by Crippen LogP contribution is 2.21. The molecule has 1 aromatic carbocycles. The van der Waals surface area contributed by atoms with Gasteiger partial charge in [0.05, 0.1) is 0 Å². The van der Waals surface area contributed by atoms with Gasteiger partial charge in [-0.15, -0.1) is 0 Å². The van der Waals surface area contributed by atoms with Gasteiger partial charge >= 0.3 is 0 Å². The minimum Gasteiger partial charge on any atom is -0.398 e. The van der Waals surface area contributed by atoms with Gasteiger partial charge in [-0.3, -0.25) is 4.79 Å². The molecule has 0 atom stereocenters. The van der Waals surface area contributed by atoms with Crippen LogP contribution in [0.5, 0.6) is 0 Å². The molecule has 1 aliphatic rings. The Morgan fingerprint density at radius 2 is 2.11 bits per heavy atom. The Morgan fingerprint density at radius 3 is 2.74 bits per heavy atom. The minimum absolute atomic E-state index is 0.0143. The number of hydrogen-bond acceptors (Lipinski definition) is 4. The first-order valence-electron chi connectivity index (χ1n) is 6.89. The van der Waals surface area contributed by atoms with Gasteiger partial charge in [0, 0.05) is 23.5 Å². The summed E-state index contributed by atoms with van der Waals surface area (Å²) in [6.45, 7) is 4.86. The van der Waals surface area contributed by atoms with Gasteiger partial charge in [0.2, 0.25) is 0 Å². The van der Waals surface area contributed by atoms with E-state index >= 15 is 0 Å². The molecule has 2 rings (SSSR count). The topological polar surface area (TPSA) is 58.4 Å². The van der Waals surface area contributed by atoms with Crippen LogP contribution in [0.1, 0.15) is 30.1 Å². The number of carbonyl (C=O) groups excluding carboxylic acids is 1. The monoisotopic (exact) mass is 261 g/mol. The standard InChI is InChI=1S/C15H23N3O/c1-11(19)14-9-13(3-4-15(14)16)17-10-12-5-7-18(2)8-6-12/h3-4,9,12,17H,5-8,10,16H2,1-2H3. The number of carbonyl (C=O) groups is 1. The minimum atomic E-state index is 0.0143. The smallest absolute Gasteiger partial charge is 0.161 e. The number of benzene rings is 1. The molecule has 4 nitrogen and oxygen atoms in total. The number of hydrogen-bond donors (Lipinski definition) is 2. The normalized spacial score (nSPS) is 17.4. The van der Waals surface area contributed by atoms with Gasteiger partial charge in [0.15, 0.2) is 5.78 Å². The third-order valence-electron chi connectivity index (χ3n) is 3.87. The molecule has 0 spiro atoms. The van der Waals surface area contributed by atoms with Gasteiger partial charge in [-0.05, 0) is 64.0 Å². The van der Waals surface area contributed by atoms with Crippen LogP contribution in [0.3, 0.4) is 0 Å². The van der Waals surface area contributed by atoms with Crippen LogP contribution in [-0.2, 0) is 0 Å². The number of anilines is 2. The van der Waals surface area contributed by atoms with Gasteiger partial charge in [-0.2, -0.15) is 0 Å². The summed E-state index contributed by atoms with van der Waals surface area (Å²) in [5.41, 5.74) is 7.93. The third-order valence-corrected chi connectivity index (χ3v) is 3.87. The molecule has 0 amide bonds. The molecule has 0 aromatic heterocycles. The molecule has 104 valence electrons. The van der Waals surface area contributed by atoms with Gasteiger partial charge in [0.1, 0.15) is 0 Å². The lowest BCUT2D eigenvalue weighted by Gasteiger charge is -2.29. The summed E-state index contributed by atoms with van der Waals surface area (Å²) in [6, 6.07) is 5.59. The van der Waals surface area contributed by atoms with E-state index in [-0.39, 0.29) is 5.78 Å². The zero-order chi connectivity index (χ0) is 13.8. The highest BCUT2D eigenvalue weighted by molar-refractivity contribution is 5.99. The summed E-state index contributed by atoms with van der Waals surface area (Å²) in [5.74, 6) is 0.731. The van der Waals surface area contributed by atoms with Crippen LogP contribution < -0.4 is 11.1 Å². The highest BCUT2D eigenvalue weighted by atomic mass is 16.1. The van der Waals surface area contributed by atoms with Crippen molar-refractivity contribution in [3.05, 3.63) is 23.8 Å². The molecule has 0 aliphatic carbocycles. The van der Waals surface area contributed by atoms with E-state index in [1.807, 2.05) is 12.1 Å². The number of nitrogens with two attached hydrogens (primary N) is 1. The molecule has 1 aromatic rings. The fraction of sp³-hybridized carbons (Fsp3) is 0.533. The largest absolute Gasteiger partial charge is 0.398 e. The van der Waals surface area contributed by atoms with E-state index in [0.717, 1.165) is 18.2 Å². The zero-order valence-corrected chi connectivity index (χ0v) is 11.8. The van der Waals surface area contributed by atoms with Crippen molar-refractivity contribution in [2.75, 3.05) is 37.7 Å². The first kappa shape index (κ1) is 13.9. The SMILES string of the molecule is CC(=O)c1cc(NCC2CCN(C)CC2)ccc1N. The molecule has 1 aliphatic heterocycles. The average molecular weight is 261 g/mol. The summed E-state index contributed by atoms with van der Waals surface area (Å²) in [4.78, 5) is 13.8. The van der Waals surface area contributed by atoms with Crippen LogP contribution in [0.15, 0.2) is 18.2 Å². The van der Waals surface area contributed by atoms with E-state index in [1.165, 1.54) is 25.9 Å². The van der Waals surface area contributed by atoms with E-state index in [1.54, 1.807) is 13.0 Å². The fourth-order valence-corrected chi connectivity index (χ4v) is 2.50. The van der Waals surface area contributed by atoms with E-state index in [9.17, 15) is 4.79 Å². The quantitative estimate of drug-likeness (QED) is 0.644. The average Bonchev–Trinajstić information content (AvgIpc) is 2.39. The lowest BCUT2D eigenvalue weighted by molar-refractivity contribution is 0.101. The summed E-state index contributed by atoms with van der Waals surface area (Å²) in [6.07, 6.45) is 2.47. The summed E-state index contributed by atoms with van der Waals surface area (Å²) < 4.78 is 0. The second-order valence-corrected chi connectivity index (χ2v) is 5.49. The number of piperidine rings is 1. The number of rotatable bonds is 4. The van der Waals surface area contributed by atoms with Crippen LogP contribution in [0.2, 0.25) is 0 Å². The number of likely N-dealkylation sites (tertiary alicyclic amines) is 1. The second kappa shape index (κ2) is 6.06. The molecule has 19 heavy (non-hydrogen) atoms. The Bertz CT molecular complexity index is 451. The Morgan fingerprint density at radius 1 is 1.42 bits per heavy atom. The molecule has 0 radical (unpaired) electrons. The Balaban J connectivity index is 1.92. The maximum atomic E-state index is 11.4. The van der Waals surface area contributed by atoms with Crippen LogP contribution in [0.25, 0.3) is 0 Å². The zero-order valence-electron chi connectivity index (χ0n) is 11.8. The van der Waals surface area contributed by atoms with E-state index in [2.05, 4.69) is 17.3 Å². The molecule has 3 N–H and O–H groups in total. The van der Waals surface area contributed by atoms with E-state index in [0.29, 0.717) is 11.3 Å². The Hall–Kier alpha value is -1.55. The number of nitrogens with zero attached hydrogens (tertiary/aromatic N) is 1. The predicted molar refractivity (Wildman–Crippen MR) is 79.6 cm³/mol. The molecule has 0 unspecified atom stereocenters. The maximum absolute atomic E-state index is 11.4. The first-order chi connectivity index (χ1) is 9.06. The van der Waals surface area contributed by atoms with Crippen LogP contribution in [-0.4, -0.2) is 37.4 Å². The second-order valence-electron chi connectivity index (χ2n) is 5.49. The molecule has 1 heterocycles. The van der Waals surface area contributed by atoms with Crippen molar-refractivity contribution in [3.63, 3.8) is 0 Å². The van der Waals surface area contributed by atoms with Crippen LogP contribution >= 0.6 is 0 Å². The molecule has 4 heteroatoms. The molecule has 1 fully saturated rings. The summed E-state index contributed by atoms with van der Waals surface area (Å²) >= 11 is 0. The number of Topliss-reactive ketones (excluding diaryl/α,β-unsaturated/α-hetero) is 1. The van der Waals surface area contributed by atoms with Crippen molar-refractivity contribution >= 4 is 17.2 Å². The summed E-state index contributed by atoms with van der Waals surface area (Å²) in [5, 5.41) is 3.43. The van der Waals surface area contributed by atoms with Crippen molar-refractivity contribution in [2.24, 2.45) is 5.92 Å². The third kappa shape index (κ3) is 3.70. The Labute approximate surface area is 115 Å². The molecule has 0 bridgehead atoms. The van der Waals surface area contributed by atoms with E-state index in [4.69, 9.17) is 5.73 Å². The summed E-state index contributed by atoms with van der Waals surface area (Å²) in [7, 11) is 2.17. The van der Waals surface area contributed by atoms with Crippen molar-refractivity contribution in [1.29, 1.82) is 0 Å². The number of nitrogens with one attached hydrogen (secondary N) is 1. The van der Waals surface area contributed by atoms with Gasteiger partial charge in [0.25, 0.3) is 0 Å². The molecular formula is C15H23N3O. The van der Waals surface area contributed by atoms with Crippen molar-refractivity contribution < 1.29 is 4.79 Å². The van der Waals surface area contributed by atoms with Crippen molar-refractivity contribution in [2.45, 2.75) is 19.8 Å². The van der Waals surface area contributed by atoms with Crippen LogP contribution in [0.4, 0.5) is 11.4 Å². The number of ketones is 1. The predicted octanol–water partition coefficient (Wildman–Crippen LogP) is 2.23. The van der Waals surface area contributed by atoms with Gasteiger partial charge in [-0.1, -0.05) is 0 Å². The lowest BCUT2D eigenvalue weighted by atomic mass is 9.97. The maximum Gasteiger partial charge on any atom is 0.161 e. The van der Waals surface area contributed by atoms with Crippen molar-refractivity contribution in [3.8, 4) is 0 Å². The van der Waals surface area contributed by atoms with E-state index < -0.39 is 0 Å². The number of nitrogen functional groups attached to an aromatic ring is 1.